The highest BCUT2D eigenvalue weighted by Crippen LogP contribution is 2.59. The van der Waals surface area contributed by atoms with E-state index in [-0.39, 0.29) is 6.04 Å². The number of allylic oxidation sites excluding steroid dienone is 4. The number of benzene rings is 5. The van der Waals surface area contributed by atoms with Crippen molar-refractivity contribution in [3.05, 3.63) is 156 Å². The summed E-state index contributed by atoms with van der Waals surface area (Å²) in [5.41, 5.74) is 16.8. The van der Waals surface area contributed by atoms with Gasteiger partial charge in [-0.1, -0.05) is 104 Å². The molecule has 246 valence electrons. The second-order valence-corrected chi connectivity index (χ2v) is 15.6. The van der Waals surface area contributed by atoms with Gasteiger partial charge < -0.3 is 13.7 Å². The van der Waals surface area contributed by atoms with Crippen molar-refractivity contribution in [3.8, 4) is 11.1 Å². The van der Waals surface area contributed by atoms with E-state index in [1.807, 2.05) is 0 Å². The van der Waals surface area contributed by atoms with Gasteiger partial charge in [0, 0.05) is 45.9 Å². The number of fused-ring (bicyclic) bond motifs is 26. The first kappa shape index (κ1) is 27.6. The molecule has 0 N–H and O–H groups in total. The molecule has 0 saturated heterocycles. The molecule has 3 nitrogen and oxygen atoms in total. The Labute approximate surface area is 301 Å². The third-order valence-electron chi connectivity index (χ3n) is 13.0. The summed E-state index contributed by atoms with van der Waals surface area (Å²) < 4.78 is 5.11. The number of pyridine rings is 2. The average Bonchev–Trinajstić information content (AvgIpc) is 3.98. The van der Waals surface area contributed by atoms with Gasteiger partial charge in [0.25, 0.3) is 0 Å². The summed E-state index contributed by atoms with van der Waals surface area (Å²) in [5, 5.41) is 10.7. The Morgan fingerprint density at radius 2 is 1.40 bits per heavy atom. The topological polar surface area (TPSA) is 12.1 Å². The summed E-state index contributed by atoms with van der Waals surface area (Å²) in [7, 11) is 0. The van der Waals surface area contributed by atoms with Crippen LogP contribution in [0.4, 0.5) is 5.69 Å². The molecule has 5 aromatic carbocycles. The van der Waals surface area contributed by atoms with Crippen molar-refractivity contribution in [1.82, 2.24) is 8.80 Å². The van der Waals surface area contributed by atoms with E-state index in [9.17, 15) is 0 Å². The molecular formula is C49H35N3. The maximum absolute atomic E-state index is 2.65. The summed E-state index contributed by atoms with van der Waals surface area (Å²) in [6.45, 7) is 2.36. The monoisotopic (exact) mass is 665 g/mol. The predicted octanol–water partition coefficient (Wildman–Crippen LogP) is 12.7. The molecule has 6 heterocycles. The zero-order valence-electron chi connectivity index (χ0n) is 29.0. The van der Waals surface area contributed by atoms with Crippen molar-refractivity contribution in [2.45, 2.75) is 38.6 Å². The Morgan fingerprint density at radius 3 is 2.29 bits per heavy atom. The van der Waals surface area contributed by atoms with Gasteiger partial charge in [-0.25, -0.2) is 0 Å². The lowest BCUT2D eigenvalue weighted by Crippen LogP contribution is -2.25. The number of nitrogens with zero attached hydrogens (tertiary/aromatic N) is 3. The molecular weight excluding hydrogens is 631 g/mol. The highest BCUT2D eigenvalue weighted by atomic mass is 15.2. The fourth-order valence-corrected chi connectivity index (χ4v) is 11.0. The van der Waals surface area contributed by atoms with Crippen LogP contribution in [0, 0.1) is 5.92 Å². The number of aryl methyl sites for hydroxylation is 1. The minimum absolute atomic E-state index is 0.241. The highest BCUT2D eigenvalue weighted by Gasteiger charge is 2.39. The molecule has 0 spiro atoms. The normalized spacial score (nSPS) is 19.1. The third-order valence-corrected chi connectivity index (χ3v) is 13.0. The lowest BCUT2D eigenvalue weighted by atomic mass is 9.76. The Hall–Kier alpha value is -6.06. The maximum atomic E-state index is 2.65. The van der Waals surface area contributed by atoms with E-state index in [1.54, 1.807) is 5.57 Å². The van der Waals surface area contributed by atoms with Gasteiger partial charge >= 0.3 is 0 Å². The van der Waals surface area contributed by atoms with Gasteiger partial charge in [0.15, 0.2) is 0 Å². The van der Waals surface area contributed by atoms with Crippen molar-refractivity contribution in [3.63, 3.8) is 0 Å². The van der Waals surface area contributed by atoms with Gasteiger partial charge in [-0.05, 0) is 105 Å². The first-order valence-electron chi connectivity index (χ1n) is 19.0. The quantitative estimate of drug-likeness (QED) is 0.147. The van der Waals surface area contributed by atoms with Crippen LogP contribution in [0.2, 0.25) is 0 Å². The predicted molar refractivity (Wildman–Crippen MR) is 218 cm³/mol. The number of hydrogen-bond donors (Lipinski definition) is 0. The molecule has 13 rings (SSSR count). The molecule has 2 atom stereocenters. The molecule has 0 bridgehead atoms. The fourth-order valence-electron chi connectivity index (χ4n) is 11.0. The van der Waals surface area contributed by atoms with E-state index >= 15 is 0 Å². The maximum Gasteiger partial charge on any atom is 0.0652 e. The summed E-state index contributed by atoms with van der Waals surface area (Å²) in [5.74, 6) is 0.588. The number of anilines is 1. The van der Waals surface area contributed by atoms with Gasteiger partial charge in [-0.3, -0.25) is 0 Å². The van der Waals surface area contributed by atoms with E-state index in [4.69, 9.17) is 0 Å². The van der Waals surface area contributed by atoms with Crippen molar-refractivity contribution in [2.24, 2.45) is 5.92 Å². The summed E-state index contributed by atoms with van der Waals surface area (Å²) in [6.07, 6.45) is 18.7. The third kappa shape index (κ3) is 3.25. The van der Waals surface area contributed by atoms with Crippen LogP contribution < -0.4 is 4.90 Å². The summed E-state index contributed by atoms with van der Waals surface area (Å²) >= 11 is 0. The molecule has 0 fully saturated rings. The van der Waals surface area contributed by atoms with Gasteiger partial charge in [0.2, 0.25) is 0 Å². The second kappa shape index (κ2) is 9.63. The molecule has 52 heavy (non-hydrogen) atoms. The van der Waals surface area contributed by atoms with Crippen LogP contribution in [0.25, 0.3) is 81.9 Å². The van der Waals surface area contributed by atoms with E-state index in [2.05, 4.69) is 155 Å². The minimum Gasteiger partial charge on any atom is -0.339 e. The molecule has 0 saturated carbocycles. The summed E-state index contributed by atoms with van der Waals surface area (Å²) in [4.78, 5) is 2.65. The van der Waals surface area contributed by atoms with Crippen LogP contribution in [0.1, 0.15) is 48.9 Å². The van der Waals surface area contributed by atoms with Crippen molar-refractivity contribution < 1.29 is 0 Å². The van der Waals surface area contributed by atoms with Crippen LogP contribution in [-0.4, -0.2) is 8.80 Å². The van der Waals surface area contributed by atoms with Crippen LogP contribution in [0.5, 0.6) is 0 Å². The van der Waals surface area contributed by atoms with Crippen LogP contribution in [-0.2, 0) is 6.42 Å². The van der Waals surface area contributed by atoms with Crippen molar-refractivity contribution >= 4 is 76.4 Å². The Kier molecular flexibility index (Phi) is 5.12. The van der Waals surface area contributed by atoms with E-state index < -0.39 is 0 Å². The van der Waals surface area contributed by atoms with E-state index in [1.165, 1.54) is 104 Å². The number of hydrogen-bond acceptors (Lipinski definition) is 1. The molecule has 2 aliphatic heterocycles. The first-order valence-corrected chi connectivity index (χ1v) is 19.0. The van der Waals surface area contributed by atoms with Crippen molar-refractivity contribution in [2.75, 3.05) is 4.90 Å². The molecule has 2 unspecified atom stereocenters. The van der Waals surface area contributed by atoms with E-state index in [0.29, 0.717) is 5.92 Å². The van der Waals surface area contributed by atoms with Crippen molar-refractivity contribution in [1.29, 1.82) is 0 Å². The Bertz CT molecular complexity index is 3220. The SMILES string of the molecule is CC1C=CC2=C(CCc3c2c2cccn2c2c4c(c5c6ccc7ccccc7c6c6cccn6c5c32)N2C=CCC2c2c-4ccc3ccccc23)C1. The number of rotatable bonds is 0. The van der Waals surface area contributed by atoms with Gasteiger partial charge in [-0.2, -0.15) is 0 Å². The molecule has 0 amide bonds. The number of aromatic nitrogens is 2. The summed E-state index contributed by atoms with van der Waals surface area (Å²) in [6, 6.07) is 37.0. The van der Waals surface area contributed by atoms with Crippen LogP contribution >= 0.6 is 0 Å². The van der Waals surface area contributed by atoms with E-state index in [0.717, 1.165) is 25.7 Å². The van der Waals surface area contributed by atoms with Gasteiger partial charge in [0.1, 0.15) is 0 Å². The smallest absolute Gasteiger partial charge is 0.0652 e. The molecule has 4 aromatic heterocycles. The Morgan fingerprint density at radius 1 is 0.635 bits per heavy atom. The second-order valence-electron chi connectivity index (χ2n) is 15.6. The lowest BCUT2D eigenvalue weighted by Gasteiger charge is -2.39. The molecule has 3 heteroatoms. The highest BCUT2D eigenvalue weighted by molar-refractivity contribution is 6.33. The molecule has 0 radical (unpaired) electrons. The molecule has 4 aliphatic rings. The van der Waals surface area contributed by atoms with Crippen LogP contribution in [0.15, 0.2) is 139 Å². The molecule has 2 aliphatic carbocycles. The largest absolute Gasteiger partial charge is 0.339 e. The Balaban J connectivity index is 1.36. The fraction of sp³-hybridized carbons (Fsp3) is 0.143. The first-order chi connectivity index (χ1) is 25.7. The van der Waals surface area contributed by atoms with Gasteiger partial charge in [0.05, 0.1) is 33.8 Å². The minimum atomic E-state index is 0.241. The lowest BCUT2D eigenvalue weighted by molar-refractivity contribution is 0.677. The molecule has 9 aromatic rings. The van der Waals surface area contributed by atoms with Gasteiger partial charge in [-0.15, -0.1) is 0 Å². The zero-order valence-corrected chi connectivity index (χ0v) is 29.0. The average molecular weight is 666 g/mol. The zero-order chi connectivity index (χ0) is 33.8. The van der Waals surface area contributed by atoms with Crippen LogP contribution in [0.3, 0.4) is 0 Å². The standard InChI is InChI=1S/C49H35N3/c1-28-16-20-34-31(27-28)19-23-37-43(34)40-15-8-26-52(40)49-45-36-22-18-30-10-3-5-12-33(30)42(36)38-13-6-24-50(38)47(45)44-35-21-17-29-9-2-4-11-32(29)41(35)39-14-7-25-51(39)48(44)46(37)49/h2-12,14-18,20-22,24-26,28,38H,13,19,23,27H2,1H3.